The highest BCUT2D eigenvalue weighted by Crippen LogP contribution is 2.22. The summed E-state index contributed by atoms with van der Waals surface area (Å²) in [5.74, 6) is 1.22. The zero-order valence-electron chi connectivity index (χ0n) is 20.0. The average Bonchev–Trinajstić information content (AvgIpc) is 3.61. The van der Waals surface area contributed by atoms with Crippen LogP contribution in [-0.2, 0) is 4.74 Å². The summed E-state index contributed by atoms with van der Waals surface area (Å²) in [4.78, 5) is 24.1. The van der Waals surface area contributed by atoms with Crippen LogP contribution in [0.25, 0.3) is 23.6 Å². The number of morpholine rings is 1. The number of ether oxygens (including phenoxy) is 1. The van der Waals surface area contributed by atoms with Crippen molar-refractivity contribution >= 4 is 29.7 Å². The van der Waals surface area contributed by atoms with Gasteiger partial charge in [0.2, 0.25) is 0 Å². The van der Waals surface area contributed by atoms with Crippen LogP contribution in [0, 0.1) is 5.82 Å². The van der Waals surface area contributed by atoms with Gasteiger partial charge in [-0.15, -0.1) is 0 Å². The Labute approximate surface area is 212 Å². The van der Waals surface area contributed by atoms with Gasteiger partial charge in [-0.3, -0.25) is 14.8 Å². The highest BCUT2D eigenvalue weighted by Gasteiger charge is 2.14. The fourth-order valence-corrected chi connectivity index (χ4v) is 3.78. The fraction of sp³-hybridized carbons (Fsp3) is 0.231. The van der Waals surface area contributed by atoms with Crippen LogP contribution < -0.4 is 10.6 Å². The van der Waals surface area contributed by atoms with Gasteiger partial charge in [0.1, 0.15) is 23.0 Å². The number of nitrogens with one attached hydrogen (secondary N) is 3. The number of carbonyl (C=O) groups is 1. The summed E-state index contributed by atoms with van der Waals surface area (Å²) in [6, 6.07) is 13.0. The first kappa shape index (κ1) is 24.3. The van der Waals surface area contributed by atoms with E-state index in [9.17, 15) is 9.18 Å². The van der Waals surface area contributed by atoms with E-state index in [1.54, 1.807) is 48.7 Å². The number of anilines is 2. The first-order chi connectivity index (χ1) is 18.1. The van der Waals surface area contributed by atoms with Crippen molar-refractivity contribution in [3.63, 3.8) is 0 Å². The summed E-state index contributed by atoms with van der Waals surface area (Å²) in [7, 11) is 0. The van der Waals surface area contributed by atoms with E-state index in [1.807, 2.05) is 6.07 Å². The Morgan fingerprint density at radius 3 is 2.70 bits per heavy atom. The van der Waals surface area contributed by atoms with Crippen molar-refractivity contribution in [2.45, 2.75) is 0 Å². The minimum absolute atomic E-state index is 0.208. The van der Waals surface area contributed by atoms with Gasteiger partial charge in [0.05, 0.1) is 19.5 Å². The number of aromatic nitrogens is 4. The molecule has 4 heterocycles. The summed E-state index contributed by atoms with van der Waals surface area (Å²) in [5, 5.41) is 13.2. The van der Waals surface area contributed by atoms with Gasteiger partial charge in [-0.25, -0.2) is 14.4 Å². The number of halogens is 1. The molecule has 0 aliphatic carbocycles. The van der Waals surface area contributed by atoms with Crippen LogP contribution in [-0.4, -0.2) is 70.4 Å². The summed E-state index contributed by atoms with van der Waals surface area (Å²) in [6.07, 6.45) is 5.00. The minimum Gasteiger partial charge on any atom is -0.463 e. The van der Waals surface area contributed by atoms with E-state index in [0.29, 0.717) is 48.7 Å². The van der Waals surface area contributed by atoms with Crippen molar-refractivity contribution < 1.29 is 18.3 Å². The van der Waals surface area contributed by atoms with Gasteiger partial charge in [-0.2, -0.15) is 5.10 Å². The molecule has 5 rings (SSSR count). The molecule has 1 aliphatic heterocycles. The summed E-state index contributed by atoms with van der Waals surface area (Å²) in [6.45, 7) is 4.31. The Bertz CT molecular complexity index is 1350. The molecule has 1 amide bonds. The van der Waals surface area contributed by atoms with Crippen LogP contribution in [0.2, 0.25) is 0 Å². The van der Waals surface area contributed by atoms with Gasteiger partial charge in [0.25, 0.3) is 5.91 Å². The maximum absolute atomic E-state index is 13.2. The molecule has 37 heavy (non-hydrogen) atoms. The zero-order chi connectivity index (χ0) is 25.5. The van der Waals surface area contributed by atoms with Crippen LogP contribution in [0.15, 0.2) is 59.2 Å². The molecule has 1 fully saturated rings. The molecule has 3 N–H and O–H groups in total. The van der Waals surface area contributed by atoms with E-state index in [0.717, 1.165) is 25.2 Å². The first-order valence-electron chi connectivity index (χ1n) is 11.9. The molecule has 3 aromatic heterocycles. The molecule has 1 saturated heterocycles. The number of carbonyl (C=O) groups excluding carboxylic acids is 1. The molecule has 1 aromatic carbocycles. The lowest BCUT2D eigenvalue weighted by atomic mass is 10.2. The van der Waals surface area contributed by atoms with Crippen molar-refractivity contribution in [3.05, 3.63) is 77.7 Å². The number of H-pyrrole nitrogens is 1. The van der Waals surface area contributed by atoms with E-state index in [-0.39, 0.29) is 17.4 Å². The third kappa shape index (κ3) is 6.66. The Hall–Kier alpha value is -4.35. The molecule has 0 radical (unpaired) electrons. The number of hydrogen-bond acceptors (Lipinski definition) is 8. The zero-order valence-corrected chi connectivity index (χ0v) is 20.0. The Kier molecular flexibility index (Phi) is 7.63. The lowest BCUT2D eigenvalue weighted by Crippen LogP contribution is -2.41. The minimum atomic E-state index is -0.316. The molecule has 1 aliphatic rings. The van der Waals surface area contributed by atoms with Crippen molar-refractivity contribution in [1.82, 2.24) is 30.4 Å². The molecule has 0 bridgehead atoms. The molecule has 4 aromatic rings. The molecule has 0 saturated carbocycles. The molecular formula is C26H26FN7O3. The van der Waals surface area contributed by atoms with Crippen LogP contribution >= 0.6 is 0 Å². The topological polar surface area (TPSA) is 121 Å². The van der Waals surface area contributed by atoms with Gasteiger partial charge >= 0.3 is 0 Å². The van der Waals surface area contributed by atoms with Crippen LogP contribution in [0.5, 0.6) is 0 Å². The van der Waals surface area contributed by atoms with E-state index >= 15 is 0 Å². The number of rotatable bonds is 9. The Morgan fingerprint density at radius 1 is 1.08 bits per heavy atom. The average molecular weight is 504 g/mol. The van der Waals surface area contributed by atoms with E-state index in [2.05, 4.69) is 35.7 Å². The Morgan fingerprint density at radius 2 is 1.92 bits per heavy atom. The highest BCUT2D eigenvalue weighted by atomic mass is 19.1. The van der Waals surface area contributed by atoms with Gasteiger partial charge in [-0.1, -0.05) is 18.2 Å². The maximum atomic E-state index is 13.2. The second-order valence-corrected chi connectivity index (χ2v) is 8.36. The normalized spacial score (nSPS) is 14.2. The molecule has 0 spiro atoms. The van der Waals surface area contributed by atoms with E-state index in [1.165, 1.54) is 12.1 Å². The number of amides is 1. The number of aromatic amines is 1. The molecule has 190 valence electrons. The standard InChI is InChI=1S/C26H26FN7O3/c27-19-6-3-18(4-7-19)5-8-23-29-21(26(35)28-9-10-34-11-14-36-15-12-34)17-24(30-23)31-25-16-20(32-33-25)22-2-1-13-37-22/h1-8,13,16-17H,9-12,14-15H2,(H,28,35)(H2,29,30,31,32,33)/b8-5+. The largest absolute Gasteiger partial charge is 0.463 e. The lowest BCUT2D eigenvalue weighted by molar-refractivity contribution is 0.0383. The monoisotopic (exact) mass is 503 g/mol. The third-order valence-corrected chi connectivity index (χ3v) is 5.71. The van der Waals surface area contributed by atoms with Crippen LogP contribution in [0.4, 0.5) is 16.0 Å². The number of furan rings is 1. The second-order valence-electron chi connectivity index (χ2n) is 8.36. The number of hydrogen-bond donors (Lipinski definition) is 3. The van der Waals surface area contributed by atoms with Gasteiger partial charge in [0, 0.05) is 38.3 Å². The summed E-state index contributed by atoms with van der Waals surface area (Å²) >= 11 is 0. The van der Waals surface area contributed by atoms with E-state index < -0.39 is 0 Å². The van der Waals surface area contributed by atoms with Gasteiger partial charge in [-0.05, 0) is 35.9 Å². The van der Waals surface area contributed by atoms with Gasteiger partial charge < -0.3 is 19.8 Å². The summed E-state index contributed by atoms with van der Waals surface area (Å²) in [5.41, 5.74) is 1.68. The summed E-state index contributed by atoms with van der Waals surface area (Å²) < 4.78 is 24.0. The first-order valence-corrected chi connectivity index (χ1v) is 11.9. The van der Waals surface area contributed by atoms with Crippen LogP contribution in [0.3, 0.4) is 0 Å². The molecule has 11 heteroatoms. The predicted molar refractivity (Wildman–Crippen MR) is 137 cm³/mol. The quantitative estimate of drug-likeness (QED) is 0.317. The Balaban J connectivity index is 1.33. The van der Waals surface area contributed by atoms with E-state index in [4.69, 9.17) is 9.15 Å². The molecule has 0 atom stereocenters. The molecule has 10 nitrogen and oxygen atoms in total. The predicted octanol–water partition coefficient (Wildman–Crippen LogP) is 3.57. The fourth-order valence-electron chi connectivity index (χ4n) is 3.78. The lowest BCUT2D eigenvalue weighted by Gasteiger charge is -2.26. The van der Waals surface area contributed by atoms with Crippen molar-refractivity contribution in [2.75, 3.05) is 44.7 Å². The number of nitrogens with zero attached hydrogens (tertiary/aromatic N) is 4. The SMILES string of the molecule is O=C(NCCN1CCOCC1)c1cc(Nc2cc(-c3ccco3)[nH]n2)nc(/C=C/c2ccc(F)cc2)n1. The highest BCUT2D eigenvalue weighted by molar-refractivity contribution is 5.93. The molecule has 0 unspecified atom stereocenters. The van der Waals surface area contributed by atoms with Gasteiger partial charge in [0.15, 0.2) is 17.4 Å². The smallest absolute Gasteiger partial charge is 0.270 e. The maximum Gasteiger partial charge on any atom is 0.270 e. The molecular weight excluding hydrogens is 477 g/mol. The number of benzene rings is 1. The second kappa shape index (κ2) is 11.6. The third-order valence-electron chi connectivity index (χ3n) is 5.71. The van der Waals surface area contributed by atoms with Crippen molar-refractivity contribution in [1.29, 1.82) is 0 Å². The van der Waals surface area contributed by atoms with Crippen molar-refractivity contribution in [3.8, 4) is 11.5 Å². The van der Waals surface area contributed by atoms with Crippen molar-refractivity contribution in [2.24, 2.45) is 0 Å². The van der Waals surface area contributed by atoms with Crippen LogP contribution in [0.1, 0.15) is 21.9 Å².